The number of amides is 1. The second-order valence-corrected chi connectivity index (χ2v) is 4.32. The van der Waals surface area contributed by atoms with Gasteiger partial charge >= 0.3 is 0 Å². The maximum atomic E-state index is 12.0. The van der Waals surface area contributed by atoms with Gasteiger partial charge in [0.25, 0.3) is 5.91 Å². The van der Waals surface area contributed by atoms with E-state index in [2.05, 4.69) is 5.32 Å². The van der Waals surface area contributed by atoms with Crippen LogP contribution in [-0.4, -0.2) is 27.8 Å². The smallest absolute Gasteiger partial charge is 0.251 e. The number of carbonyl (C=O) groups is 1. The van der Waals surface area contributed by atoms with Gasteiger partial charge in [-0.3, -0.25) is 4.79 Å². The van der Waals surface area contributed by atoms with Gasteiger partial charge in [-0.15, -0.1) is 0 Å². The van der Waals surface area contributed by atoms with E-state index in [-0.39, 0.29) is 23.7 Å². The highest BCUT2D eigenvalue weighted by Crippen LogP contribution is 2.25. The summed E-state index contributed by atoms with van der Waals surface area (Å²) in [5.74, 6) is -1.09. The Morgan fingerprint density at radius 3 is 2.35 bits per heavy atom. The Balaban J connectivity index is 2.15. The van der Waals surface area contributed by atoms with Crippen molar-refractivity contribution in [2.24, 2.45) is 0 Å². The largest absolute Gasteiger partial charge is 0.504 e. The fourth-order valence-electron chi connectivity index (χ4n) is 1.83. The summed E-state index contributed by atoms with van der Waals surface area (Å²) in [6.45, 7) is -0.236. The standard InChI is InChI=1S/C15H15NO4/c17-9-12(10-4-2-1-3-5-10)16-15(20)11-6-7-13(18)14(19)8-11/h1-8,12,17-19H,9H2,(H,16,20). The molecule has 0 heterocycles. The number of rotatable bonds is 4. The highest BCUT2D eigenvalue weighted by Gasteiger charge is 2.15. The second kappa shape index (κ2) is 6.08. The molecule has 0 aliphatic heterocycles. The number of aromatic hydroxyl groups is 2. The zero-order valence-electron chi connectivity index (χ0n) is 10.7. The van der Waals surface area contributed by atoms with E-state index in [9.17, 15) is 20.1 Å². The number of hydrogen-bond acceptors (Lipinski definition) is 4. The number of aliphatic hydroxyl groups is 1. The maximum absolute atomic E-state index is 12.0. The monoisotopic (exact) mass is 273 g/mol. The molecule has 0 aliphatic carbocycles. The molecule has 20 heavy (non-hydrogen) atoms. The van der Waals surface area contributed by atoms with E-state index in [0.29, 0.717) is 0 Å². The summed E-state index contributed by atoms with van der Waals surface area (Å²) >= 11 is 0. The van der Waals surface area contributed by atoms with E-state index in [1.165, 1.54) is 18.2 Å². The van der Waals surface area contributed by atoms with Crippen LogP contribution in [0.1, 0.15) is 22.0 Å². The average molecular weight is 273 g/mol. The molecule has 1 atom stereocenters. The first kappa shape index (κ1) is 13.9. The normalized spacial score (nSPS) is 11.8. The maximum Gasteiger partial charge on any atom is 0.251 e. The zero-order chi connectivity index (χ0) is 14.5. The number of phenols is 2. The summed E-state index contributed by atoms with van der Waals surface area (Å²) in [5.41, 5.74) is 0.987. The Morgan fingerprint density at radius 1 is 1.05 bits per heavy atom. The quantitative estimate of drug-likeness (QED) is 0.636. The van der Waals surface area contributed by atoms with Gasteiger partial charge in [0.2, 0.25) is 0 Å². The molecule has 2 rings (SSSR count). The number of phenolic OH excluding ortho intramolecular Hbond substituents is 2. The number of nitrogens with one attached hydrogen (secondary N) is 1. The molecule has 0 fully saturated rings. The lowest BCUT2D eigenvalue weighted by Gasteiger charge is -2.16. The van der Waals surface area contributed by atoms with Crippen LogP contribution in [0.25, 0.3) is 0 Å². The molecule has 5 nitrogen and oxygen atoms in total. The van der Waals surface area contributed by atoms with Gasteiger partial charge in [0.15, 0.2) is 11.5 Å². The molecule has 2 aromatic rings. The van der Waals surface area contributed by atoms with Crippen molar-refractivity contribution in [3.63, 3.8) is 0 Å². The summed E-state index contributed by atoms with van der Waals surface area (Å²) in [4.78, 5) is 12.0. The topological polar surface area (TPSA) is 89.8 Å². The summed E-state index contributed by atoms with van der Waals surface area (Å²) < 4.78 is 0. The van der Waals surface area contributed by atoms with Crippen LogP contribution in [0.15, 0.2) is 48.5 Å². The summed E-state index contributed by atoms with van der Waals surface area (Å²) in [5, 5.41) is 30.6. The Hall–Kier alpha value is -2.53. The molecule has 0 radical (unpaired) electrons. The van der Waals surface area contributed by atoms with Gasteiger partial charge in [-0.05, 0) is 23.8 Å². The van der Waals surface area contributed by atoms with E-state index in [0.717, 1.165) is 5.56 Å². The SMILES string of the molecule is O=C(NC(CO)c1ccccc1)c1ccc(O)c(O)c1. The van der Waals surface area contributed by atoms with Crippen molar-refractivity contribution in [1.82, 2.24) is 5.32 Å². The minimum atomic E-state index is -0.528. The van der Waals surface area contributed by atoms with Gasteiger partial charge in [-0.1, -0.05) is 30.3 Å². The molecule has 0 bridgehead atoms. The molecule has 5 heteroatoms. The van der Waals surface area contributed by atoms with Gasteiger partial charge in [0, 0.05) is 5.56 Å². The van der Waals surface area contributed by atoms with Crippen molar-refractivity contribution in [2.75, 3.05) is 6.61 Å². The highest BCUT2D eigenvalue weighted by atomic mass is 16.3. The number of benzene rings is 2. The first-order valence-electron chi connectivity index (χ1n) is 6.10. The van der Waals surface area contributed by atoms with Gasteiger partial charge in [-0.2, -0.15) is 0 Å². The second-order valence-electron chi connectivity index (χ2n) is 4.32. The van der Waals surface area contributed by atoms with E-state index in [4.69, 9.17) is 0 Å². The van der Waals surface area contributed by atoms with Crippen LogP contribution in [0.2, 0.25) is 0 Å². The van der Waals surface area contributed by atoms with Crippen molar-refractivity contribution >= 4 is 5.91 Å². The van der Waals surface area contributed by atoms with E-state index < -0.39 is 11.9 Å². The summed E-state index contributed by atoms with van der Waals surface area (Å²) in [7, 11) is 0. The van der Waals surface area contributed by atoms with E-state index >= 15 is 0 Å². The summed E-state index contributed by atoms with van der Waals surface area (Å²) in [6.07, 6.45) is 0. The predicted octanol–water partition coefficient (Wildman–Crippen LogP) is 1.56. The highest BCUT2D eigenvalue weighted by molar-refractivity contribution is 5.95. The van der Waals surface area contributed by atoms with Crippen LogP contribution >= 0.6 is 0 Å². The Morgan fingerprint density at radius 2 is 1.75 bits per heavy atom. The van der Waals surface area contributed by atoms with Crippen molar-refractivity contribution < 1.29 is 20.1 Å². The van der Waals surface area contributed by atoms with Gasteiger partial charge in [0.05, 0.1) is 12.6 Å². The molecule has 104 valence electrons. The molecule has 0 saturated carbocycles. The van der Waals surface area contributed by atoms with Crippen molar-refractivity contribution in [3.05, 3.63) is 59.7 Å². The minimum Gasteiger partial charge on any atom is -0.504 e. The Bertz CT molecular complexity index is 598. The first-order valence-corrected chi connectivity index (χ1v) is 6.10. The molecular formula is C15H15NO4. The molecule has 0 aromatic heterocycles. The molecule has 4 N–H and O–H groups in total. The predicted molar refractivity (Wildman–Crippen MR) is 73.5 cm³/mol. The zero-order valence-corrected chi connectivity index (χ0v) is 10.7. The molecule has 0 spiro atoms. The summed E-state index contributed by atoms with van der Waals surface area (Å²) in [6, 6.07) is 12.4. The van der Waals surface area contributed by atoms with Crippen LogP contribution < -0.4 is 5.32 Å². The van der Waals surface area contributed by atoms with Crippen LogP contribution in [0, 0.1) is 0 Å². The Kier molecular flexibility index (Phi) is 4.22. The van der Waals surface area contributed by atoms with Crippen molar-refractivity contribution in [2.45, 2.75) is 6.04 Å². The van der Waals surface area contributed by atoms with Crippen LogP contribution in [0.5, 0.6) is 11.5 Å². The molecule has 0 saturated heterocycles. The fourth-order valence-corrected chi connectivity index (χ4v) is 1.83. The lowest BCUT2D eigenvalue weighted by atomic mass is 10.1. The average Bonchev–Trinajstić information content (AvgIpc) is 2.48. The minimum absolute atomic E-state index is 0.203. The lowest BCUT2D eigenvalue weighted by molar-refractivity contribution is 0.0916. The first-order chi connectivity index (χ1) is 9.61. The molecule has 0 aliphatic rings. The van der Waals surface area contributed by atoms with Gasteiger partial charge in [-0.25, -0.2) is 0 Å². The van der Waals surface area contributed by atoms with Crippen LogP contribution in [-0.2, 0) is 0 Å². The molecular weight excluding hydrogens is 258 g/mol. The third-order valence-corrected chi connectivity index (χ3v) is 2.93. The van der Waals surface area contributed by atoms with E-state index in [1.54, 1.807) is 12.1 Å². The number of aliphatic hydroxyl groups excluding tert-OH is 1. The molecule has 1 unspecified atom stereocenters. The molecule has 1 amide bonds. The van der Waals surface area contributed by atoms with Crippen LogP contribution in [0.3, 0.4) is 0 Å². The fraction of sp³-hybridized carbons (Fsp3) is 0.133. The van der Waals surface area contributed by atoms with Gasteiger partial charge in [0.1, 0.15) is 0 Å². The molecule has 2 aromatic carbocycles. The Labute approximate surface area is 116 Å². The number of hydrogen-bond donors (Lipinski definition) is 4. The van der Waals surface area contributed by atoms with Gasteiger partial charge < -0.3 is 20.6 Å². The third-order valence-electron chi connectivity index (χ3n) is 2.93. The number of carbonyl (C=O) groups excluding carboxylic acids is 1. The third kappa shape index (κ3) is 3.07. The van der Waals surface area contributed by atoms with Crippen molar-refractivity contribution in [1.29, 1.82) is 0 Å². The van der Waals surface area contributed by atoms with E-state index in [1.807, 2.05) is 18.2 Å². The lowest BCUT2D eigenvalue weighted by Crippen LogP contribution is -2.30. The van der Waals surface area contributed by atoms with Crippen LogP contribution in [0.4, 0.5) is 0 Å². The van der Waals surface area contributed by atoms with Crippen molar-refractivity contribution in [3.8, 4) is 11.5 Å².